The number of carboxylic acids is 1. The van der Waals surface area contributed by atoms with Crippen LogP contribution < -0.4 is 5.11 Å². The van der Waals surface area contributed by atoms with Crippen molar-refractivity contribution in [2.45, 2.75) is 12.2 Å². The summed E-state index contributed by atoms with van der Waals surface area (Å²) in [5, 5.41) is 9.90. The maximum absolute atomic E-state index is 10.9. The van der Waals surface area contributed by atoms with Crippen LogP contribution in [0.5, 0.6) is 0 Å². The lowest BCUT2D eigenvalue weighted by Gasteiger charge is -2.31. The van der Waals surface area contributed by atoms with E-state index in [9.17, 15) is 14.7 Å². The highest BCUT2D eigenvalue weighted by Crippen LogP contribution is 2.17. The molecule has 0 N–H and O–H groups in total. The summed E-state index contributed by atoms with van der Waals surface area (Å²) in [6.45, 7) is 2.37. The van der Waals surface area contributed by atoms with Crippen molar-refractivity contribution in [3.8, 4) is 0 Å². The number of hydrogen-bond donors (Lipinski definition) is 0. The van der Waals surface area contributed by atoms with Crippen LogP contribution >= 0.6 is 11.8 Å². The standard InChI is InChI=1S/C7H11NO3S/c1-5(9)8-2-3-12-6(4-8)7(10)11/h6H,2-4H2,1H3,(H,10,11)/p-1/t6-/m1/s1. The highest BCUT2D eigenvalue weighted by atomic mass is 32.2. The van der Waals surface area contributed by atoms with Gasteiger partial charge in [0.2, 0.25) is 5.91 Å². The van der Waals surface area contributed by atoms with Gasteiger partial charge in [0, 0.05) is 25.8 Å². The molecule has 1 amide bonds. The van der Waals surface area contributed by atoms with E-state index >= 15 is 0 Å². The van der Waals surface area contributed by atoms with Gasteiger partial charge in [-0.25, -0.2) is 0 Å². The lowest BCUT2D eigenvalue weighted by atomic mass is 10.3. The van der Waals surface area contributed by atoms with Crippen molar-refractivity contribution in [2.24, 2.45) is 0 Å². The summed E-state index contributed by atoms with van der Waals surface area (Å²) in [5.41, 5.74) is 0. The van der Waals surface area contributed by atoms with Crippen LogP contribution in [0.2, 0.25) is 0 Å². The maximum atomic E-state index is 10.9. The second-order valence-electron chi connectivity index (χ2n) is 2.64. The summed E-state index contributed by atoms with van der Waals surface area (Å²) in [6.07, 6.45) is 0. The molecule has 12 heavy (non-hydrogen) atoms. The molecule has 5 heteroatoms. The SMILES string of the molecule is CC(=O)N1CCS[C@@H](C(=O)[O-])C1. The second kappa shape index (κ2) is 3.80. The highest BCUT2D eigenvalue weighted by Gasteiger charge is 2.22. The zero-order valence-electron chi connectivity index (χ0n) is 6.78. The summed E-state index contributed by atoms with van der Waals surface area (Å²) in [6, 6.07) is 0. The molecule has 4 nitrogen and oxygen atoms in total. The molecule has 0 aromatic heterocycles. The molecule has 1 aliphatic rings. The first kappa shape index (κ1) is 9.38. The zero-order valence-corrected chi connectivity index (χ0v) is 7.60. The van der Waals surface area contributed by atoms with Crippen LogP contribution in [0.15, 0.2) is 0 Å². The Bertz CT molecular complexity index is 187. The van der Waals surface area contributed by atoms with Gasteiger partial charge >= 0.3 is 0 Å². The van der Waals surface area contributed by atoms with Gasteiger partial charge in [0.15, 0.2) is 0 Å². The van der Waals surface area contributed by atoms with Gasteiger partial charge in [-0.2, -0.15) is 0 Å². The Kier molecular flexibility index (Phi) is 2.97. The van der Waals surface area contributed by atoms with Crippen LogP contribution in [0, 0.1) is 0 Å². The molecular weight excluding hydrogens is 178 g/mol. The number of nitrogens with zero attached hydrogens (tertiary/aromatic N) is 1. The van der Waals surface area contributed by atoms with Crippen LogP contribution in [-0.2, 0) is 9.59 Å². The van der Waals surface area contributed by atoms with E-state index in [1.54, 1.807) is 0 Å². The number of carboxylic acid groups (broad SMARTS) is 1. The van der Waals surface area contributed by atoms with Gasteiger partial charge in [0.05, 0.1) is 11.2 Å². The second-order valence-corrected chi connectivity index (χ2v) is 3.95. The van der Waals surface area contributed by atoms with Gasteiger partial charge in [0.1, 0.15) is 0 Å². The molecular formula is C7H10NO3S-. The molecule has 0 bridgehead atoms. The minimum absolute atomic E-state index is 0.0680. The molecule has 1 saturated heterocycles. The van der Waals surface area contributed by atoms with Crippen molar-refractivity contribution in [1.29, 1.82) is 0 Å². The van der Waals surface area contributed by atoms with E-state index in [4.69, 9.17) is 0 Å². The first-order valence-electron chi connectivity index (χ1n) is 3.69. The van der Waals surface area contributed by atoms with Crippen molar-refractivity contribution in [1.82, 2.24) is 4.90 Å². The predicted molar refractivity (Wildman–Crippen MR) is 43.5 cm³/mol. The normalized spacial score (nSPS) is 23.8. The minimum atomic E-state index is -1.08. The molecule has 0 aliphatic carbocycles. The van der Waals surface area contributed by atoms with E-state index in [1.165, 1.54) is 23.6 Å². The van der Waals surface area contributed by atoms with Gasteiger partial charge in [-0.3, -0.25) is 4.79 Å². The van der Waals surface area contributed by atoms with Crippen molar-refractivity contribution in [2.75, 3.05) is 18.8 Å². The molecule has 0 aromatic carbocycles. The van der Waals surface area contributed by atoms with Gasteiger partial charge < -0.3 is 14.8 Å². The Labute approximate surface area is 74.9 Å². The Balaban J connectivity index is 2.51. The third kappa shape index (κ3) is 2.14. The van der Waals surface area contributed by atoms with Gasteiger partial charge in [-0.1, -0.05) is 0 Å². The summed E-state index contributed by atoms with van der Waals surface area (Å²) in [7, 11) is 0. The molecule has 0 radical (unpaired) electrons. The molecule has 0 spiro atoms. The predicted octanol–water partition coefficient (Wildman–Crippen LogP) is -1.30. The van der Waals surface area contributed by atoms with Crippen molar-refractivity contribution < 1.29 is 14.7 Å². The summed E-state index contributed by atoms with van der Waals surface area (Å²) in [5.74, 6) is -0.467. The number of thioether (sulfide) groups is 1. The first-order chi connectivity index (χ1) is 5.61. The third-order valence-electron chi connectivity index (χ3n) is 1.77. The van der Waals surface area contributed by atoms with Gasteiger partial charge in [0.25, 0.3) is 0 Å². The first-order valence-corrected chi connectivity index (χ1v) is 4.74. The molecule has 0 aromatic rings. The molecule has 1 rings (SSSR count). The van der Waals surface area contributed by atoms with Crippen LogP contribution in [0.3, 0.4) is 0 Å². The average Bonchev–Trinajstić information content (AvgIpc) is 2.04. The number of rotatable bonds is 1. The lowest BCUT2D eigenvalue weighted by Crippen LogP contribution is -2.47. The molecule has 0 unspecified atom stereocenters. The third-order valence-corrected chi connectivity index (χ3v) is 2.94. The van der Waals surface area contributed by atoms with Crippen LogP contribution in [0.1, 0.15) is 6.92 Å². The number of carbonyl (C=O) groups excluding carboxylic acids is 2. The molecule has 1 heterocycles. The molecule has 1 atom stereocenters. The number of carbonyl (C=O) groups is 2. The van der Waals surface area contributed by atoms with E-state index in [0.717, 1.165) is 0 Å². The Morgan fingerprint density at radius 3 is 2.75 bits per heavy atom. The van der Waals surface area contributed by atoms with E-state index in [2.05, 4.69) is 0 Å². The van der Waals surface area contributed by atoms with Gasteiger partial charge in [-0.05, 0) is 0 Å². The Hall–Kier alpha value is -0.710. The van der Waals surface area contributed by atoms with Crippen LogP contribution in [-0.4, -0.2) is 40.9 Å². The smallest absolute Gasteiger partial charge is 0.219 e. The van der Waals surface area contributed by atoms with E-state index in [1.807, 2.05) is 0 Å². The molecule has 68 valence electrons. The molecule has 1 fully saturated rings. The Morgan fingerprint density at radius 2 is 2.25 bits per heavy atom. The fourth-order valence-corrected chi connectivity index (χ4v) is 2.11. The fraction of sp³-hybridized carbons (Fsp3) is 0.714. The Morgan fingerprint density at radius 1 is 1.58 bits per heavy atom. The summed E-state index contributed by atoms with van der Waals surface area (Å²) >= 11 is 1.34. The monoisotopic (exact) mass is 188 g/mol. The fourth-order valence-electron chi connectivity index (χ4n) is 1.08. The number of aliphatic carboxylic acids is 1. The van der Waals surface area contributed by atoms with E-state index < -0.39 is 11.2 Å². The van der Waals surface area contributed by atoms with Gasteiger partial charge in [-0.15, -0.1) is 11.8 Å². The lowest BCUT2D eigenvalue weighted by molar-refractivity contribution is -0.304. The van der Waals surface area contributed by atoms with Crippen molar-refractivity contribution in [3.05, 3.63) is 0 Å². The van der Waals surface area contributed by atoms with E-state index in [-0.39, 0.29) is 12.5 Å². The maximum Gasteiger partial charge on any atom is 0.219 e. The summed E-state index contributed by atoms with van der Waals surface area (Å²) < 4.78 is 0. The minimum Gasteiger partial charge on any atom is -0.549 e. The van der Waals surface area contributed by atoms with Crippen molar-refractivity contribution in [3.63, 3.8) is 0 Å². The zero-order chi connectivity index (χ0) is 9.14. The van der Waals surface area contributed by atoms with E-state index in [0.29, 0.717) is 12.3 Å². The molecule has 1 aliphatic heterocycles. The molecule has 0 saturated carbocycles. The highest BCUT2D eigenvalue weighted by molar-refractivity contribution is 8.00. The summed E-state index contributed by atoms with van der Waals surface area (Å²) in [4.78, 5) is 22.9. The van der Waals surface area contributed by atoms with Crippen LogP contribution in [0.25, 0.3) is 0 Å². The topological polar surface area (TPSA) is 60.4 Å². The average molecular weight is 188 g/mol. The van der Waals surface area contributed by atoms with Crippen molar-refractivity contribution >= 4 is 23.6 Å². The number of hydrogen-bond acceptors (Lipinski definition) is 4. The number of amides is 1. The van der Waals surface area contributed by atoms with Crippen LogP contribution in [0.4, 0.5) is 0 Å². The largest absolute Gasteiger partial charge is 0.549 e. The quantitative estimate of drug-likeness (QED) is 0.513.